The monoisotopic (exact) mass is 214 g/mol. The summed E-state index contributed by atoms with van der Waals surface area (Å²) >= 11 is 5.69. The van der Waals surface area contributed by atoms with Gasteiger partial charge >= 0.3 is 5.97 Å². The second-order valence-corrected chi connectivity index (χ2v) is 3.59. The smallest absolute Gasteiger partial charge is 0.310 e. The quantitative estimate of drug-likeness (QED) is 0.796. The number of hydrogen-bond donors (Lipinski definition) is 2. The van der Waals surface area contributed by atoms with E-state index in [1.54, 1.807) is 19.1 Å². The number of benzene rings is 1. The molecule has 0 aliphatic heterocycles. The Bertz CT molecular complexity index is 374. The fourth-order valence-corrected chi connectivity index (χ4v) is 1.52. The van der Waals surface area contributed by atoms with Gasteiger partial charge in [-0.05, 0) is 25.5 Å². The van der Waals surface area contributed by atoms with E-state index in [4.69, 9.17) is 16.7 Å². The first-order valence-electron chi connectivity index (χ1n) is 4.16. The minimum Gasteiger partial charge on any atom is -0.506 e. The molecule has 4 heteroatoms. The van der Waals surface area contributed by atoms with Crippen LogP contribution in [0.25, 0.3) is 0 Å². The minimum atomic E-state index is -0.981. The molecule has 0 aliphatic carbocycles. The average Bonchev–Trinajstić information content (AvgIpc) is 2.12. The van der Waals surface area contributed by atoms with Crippen molar-refractivity contribution in [1.82, 2.24) is 0 Å². The van der Waals surface area contributed by atoms with Crippen molar-refractivity contribution in [2.24, 2.45) is 0 Å². The summed E-state index contributed by atoms with van der Waals surface area (Å²) in [4.78, 5) is 10.8. The number of aromatic hydroxyl groups is 1. The van der Waals surface area contributed by atoms with E-state index in [2.05, 4.69) is 0 Å². The summed E-state index contributed by atoms with van der Waals surface area (Å²) in [6, 6.07) is 3.24. The van der Waals surface area contributed by atoms with E-state index < -0.39 is 11.9 Å². The normalized spacial score (nSPS) is 12.5. The van der Waals surface area contributed by atoms with Crippen LogP contribution in [0.2, 0.25) is 5.02 Å². The van der Waals surface area contributed by atoms with Crippen LogP contribution in [0.15, 0.2) is 12.1 Å². The molecule has 14 heavy (non-hydrogen) atoms. The molecule has 1 rings (SSSR count). The van der Waals surface area contributed by atoms with E-state index in [0.29, 0.717) is 5.56 Å². The molecule has 0 radical (unpaired) electrons. The van der Waals surface area contributed by atoms with Crippen LogP contribution >= 0.6 is 11.6 Å². The third-order valence-electron chi connectivity index (χ3n) is 2.19. The van der Waals surface area contributed by atoms with Gasteiger partial charge in [0.25, 0.3) is 0 Å². The fraction of sp³-hybridized carbons (Fsp3) is 0.300. The van der Waals surface area contributed by atoms with E-state index in [9.17, 15) is 9.90 Å². The Labute approximate surface area is 86.9 Å². The Kier molecular flexibility index (Phi) is 3.01. The molecule has 3 nitrogen and oxygen atoms in total. The highest BCUT2D eigenvalue weighted by atomic mass is 35.5. The molecule has 1 aromatic carbocycles. The van der Waals surface area contributed by atoms with Crippen molar-refractivity contribution in [3.05, 3.63) is 28.3 Å². The minimum absolute atomic E-state index is 0.137. The molecule has 0 bridgehead atoms. The zero-order valence-corrected chi connectivity index (χ0v) is 8.67. The van der Waals surface area contributed by atoms with Crippen LogP contribution in [0.4, 0.5) is 0 Å². The lowest BCUT2D eigenvalue weighted by Crippen LogP contribution is -2.09. The van der Waals surface area contributed by atoms with Crippen LogP contribution in [-0.2, 0) is 4.79 Å². The highest BCUT2D eigenvalue weighted by molar-refractivity contribution is 6.32. The first kappa shape index (κ1) is 10.9. The molecular weight excluding hydrogens is 204 g/mol. The number of rotatable bonds is 2. The van der Waals surface area contributed by atoms with Crippen LogP contribution < -0.4 is 0 Å². The van der Waals surface area contributed by atoms with Gasteiger partial charge in [-0.15, -0.1) is 0 Å². The summed E-state index contributed by atoms with van der Waals surface area (Å²) in [6.07, 6.45) is 0. The molecule has 0 heterocycles. The number of phenols is 1. The maximum absolute atomic E-state index is 10.8. The highest BCUT2D eigenvalue weighted by Crippen LogP contribution is 2.35. The molecule has 1 atom stereocenters. The van der Waals surface area contributed by atoms with Gasteiger partial charge in [0.05, 0.1) is 10.9 Å². The van der Waals surface area contributed by atoms with Crippen molar-refractivity contribution in [3.63, 3.8) is 0 Å². The van der Waals surface area contributed by atoms with Gasteiger partial charge in [-0.1, -0.05) is 17.7 Å². The summed E-state index contributed by atoms with van der Waals surface area (Å²) in [6.45, 7) is 3.26. The number of carbonyl (C=O) groups is 1. The number of aryl methyl sites for hydroxylation is 1. The Morgan fingerprint density at radius 3 is 2.57 bits per heavy atom. The molecule has 0 fully saturated rings. The third-order valence-corrected chi connectivity index (χ3v) is 2.49. The van der Waals surface area contributed by atoms with Crippen molar-refractivity contribution in [3.8, 4) is 5.75 Å². The van der Waals surface area contributed by atoms with E-state index in [1.807, 2.05) is 0 Å². The average molecular weight is 215 g/mol. The van der Waals surface area contributed by atoms with Crippen LogP contribution in [0.3, 0.4) is 0 Å². The Morgan fingerprint density at radius 1 is 1.50 bits per heavy atom. The first-order valence-corrected chi connectivity index (χ1v) is 4.53. The lowest BCUT2D eigenvalue weighted by Gasteiger charge is -2.13. The largest absolute Gasteiger partial charge is 0.506 e. The van der Waals surface area contributed by atoms with Crippen LogP contribution in [-0.4, -0.2) is 16.2 Å². The van der Waals surface area contributed by atoms with Crippen molar-refractivity contribution >= 4 is 17.6 Å². The maximum atomic E-state index is 10.8. The van der Waals surface area contributed by atoms with Gasteiger partial charge in [0.15, 0.2) is 0 Å². The molecule has 1 unspecified atom stereocenters. The molecule has 0 saturated carbocycles. The van der Waals surface area contributed by atoms with Crippen LogP contribution in [0.1, 0.15) is 24.0 Å². The van der Waals surface area contributed by atoms with Gasteiger partial charge in [0.1, 0.15) is 5.75 Å². The van der Waals surface area contributed by atoms with Crippen LogP contribution in [0, 0.1) is 6.92 Å². The Balaban J connectivity index is 3.32. The Hall–Kier alpha value is -1.22. The molecule has 2 N–H and O–H groups in total. The zero-order valence-electron chi connectivity index (χ0n) is 7.91. The summed E-state index contributed by atoms with van der Waals surface area (Å²) < 4.78 is 0. The van der Waals surface area contributed by atoms with E-state index in [-0.39, 0.29) is 10.8 Å². The number of phenolic OH excluding ortho intramolecular Hbond substituents is 1. The number of hydrogen-bond acceptors (Lipinski definition) is 2. The molecule has 0 aliphatic rings. The number of aliphatic carboxylic acids is 1. The highest BCUT2D eigenvalue weighted by Gasteiger charge is 2.21. The fourth-order valence-electron chi connectivity index (χ4n) is 1.35. The van der Waals surface area contributed by atoms with Gasteiger partial charge in [-0.25, -0.2) is 0 Å². The van der Waals surface area contributed by atoms with Gasteiger partial charge in [-0.2, -0.15) is 0 Å². The summed E-state index contributed by atoms with van der Waals surface area (Å²) in [7, 11) is 0. The summed E-state index contributed by atoms with van der Waals surface area (Å²) in [5.74, 6) is -1.87. The standard InChI is InChI=1S/C10H11ClO3/c1-5-3-4-7(11)9(12)8(5)6(2)10(13)14/h3-4,6,12H,1-2H3,(H,13,14). The van der Waals surface area contributed by atoms with E-state index >= 15 is 0 Å². The predicted molar refractivity (Wildman–Crippen MR) is 53.9 cm³/mol. The van der Waals surface area contributed by atoms with Crippen molar-refractivity contribution in [2.75, 3.05) is 0 Å². The van der Waals surface area contributed by atoms with Crippen LogP contribution in [0.5, 0.6) is 5.75 Å². The van der Waals surface area contributed by atoms with Gasteiger partial charge in [0, 0.05) is 5.56 Å². The molecule has 1 aromatic rings. The predicted octanol–water partition coefficient (Wildman–Crippen LogP) is 2.54. The molecule has 0 aromatic heterocycles. The second-order valence-electron chi connectivity index (χ2n) is 3.19. The van der Waals surface area contributed by atoms with Crippen molar-refractivity contribution in [2.45, 2.75) is 19.8 Å². The van der Waals surface area contributed by atoms with Gasteiger partial charge in [0.2, 0.25) is 0 Å². The summed E-state index contributed by atoms with van der Waals surface area (Å²) in [5, 5.41) is 18.6. The van der Waals surface area contributed by atoms with E-state index in [1.165, 1.54) is 6.92 Å². The second kappa shape index (κ2) is 3.88. The third kappa shape index (κ3) is 1.82. The van der Waals surface area contributed by atoms with Gasteiger partial charge in [-0.3, -0.25) is 4.79 Å². The number of carboxylic acid groups (broad SMARTS) is 1. The number of carboxylic acids is 1. The number of halogens is 1. The zero-order chi connectivity index (χ0) is 10.9. The first-order chi connectivity index (χ1) is 6.45. The lowest BCUT2D eigenvalue weighted by atomic mass is 9.95. The topological polar surface area (TPSA) is 57.5 Å². The molecular formula is C10H11ClO3. The molecule has 76 valence electrons. The van der Waals surface area contributed by atoms with Gasteiger partial charge < -0.3 is 10.2 Å². The molecule has 0 spiro atoms. The van der Waals surface area contributed by atoms with E-state index in [0.717, 1.165) is 5.56 Å². The SMILES string of the molecule is Cc1ccc(Cl)c(O)c1C(C)C(=O)O. The maximum Gasteiger partial charge on any atom is 0.310 e. The Morgan fingerprint density at radius 2 is 2.07 bits per heavy atom. The lowest BCUT2D eigenvalue weighted by molar-refractivity contribution is -0.138. The molecule has 0 amide bonds. The summed E-state index contributed by atoms with van der Waals surface area (Å²) in [5.41, 5.74) is 1.10. The van der Waals surface area contributed by atoms with Crippen molar-refractivity contribution < 1.29 is 15.0 Å². The van der Waals surface area contributed by atoms with Crippen molar-refractivity contribution in [1.29, 1.82) is 0 Å². The molecule has 0 saturated heterocycles.